The number of benzene rings is 4. The fourth-order valence-corrected chi connectivity index (χ4v) is 4.78. The van der Waals surface area contributed by atoms with Crippen molar-refractivity contribution in [1.82, 2.24) is 0 Å². The first kappa shape index (κ1) is 20.2. The van der Waals surface area contributed by atoms with E-state index in [1.165, 1.54) is 12.1 Å². The largest absolute Gasteiger partial charge is 0.399 e. The summed E-state index contributed by atoms with van der Waals surface area (Å²) < 4.78 is 0. The number of hydrogen-bond donors (Lipinski definition) is 2. The minimum absolute atomic E-state index is 0.0636. The number of nitro groups is 2. The second-order valence-electron chi connectivity index (χ2n) is 7.97. The molecule has 1 aliphatic rings. The Hall–Kier alpha value is -4.72. The van der Waals surface area contributed by atoms with Gasteiger partial charge in [-0.25, -0.2) is 0 Å². The fraction of sp³-hybridized carbons (Fsp3) is 0.0400. The van der Waals surface area contributed by atoms with Gasteiger partial charge in [0.15, 0.2) is 0 Å². The number of nitrogen functional groups attached to an aromatic ring is 2. The lowest BCUT2D eigenvalue weighted by atomic mass is 9.67. The van der Waals surface area contributed by atoms with E-state index in [1.54, 1.807) is 48.5 Å². The molecule has 33 heavy (non-hydrogen) atoms. The molecule has 0 bridgehead atoms. The lowest BCUT2D eigenvalue weighted by molar-refractivity contribution is -0.385. The molecule has 0 aliphatic heterocycles. The molecule has 0 radical (unpaired) electrons. The minimum Gasteiger partial charge on any atom is -0.399 e. The van der Waals surface area contributed by atoms with Crippen molar-refractivity contribution >= 4 is 22.7 Å². The van der Waals surface area contributed by atoms with E-state index >= 15 is 0 Å². The number of rotatable bonds is 4. The van der Waals surface area contributed by atoms with E-state index in [0.29, 0.717) is 22.5 Å². The van der Waals surface area contributed by atoms with E-state index in [9.17, 15) is 20.2 Å². The molecule has 4 N–H and O–H groups in total. The Morgan fingerprint density at radius 3 is 1.27 bits per heavy atom. The van der Waals surface area contributed by atoms with Crippen molar-refractivity contribution < 1.29 is 9.85 Å². The monoisotopic (exact) mass is 438 g/mol. The summed E-state index contributed by atoms with van der Waals surface area (Å²) in [7, 11) is 0. The zero-order valence-electron chi connectivity index (χ0n) is 17.3. The van der Waals surface area contributed by atoms with Crippen molar-refractivity contribution in [1.29, 1.82) is 0 Å². The molecule has 0 saturated carbocycles. The van der Waals surface area contributed by atoms with Crippen molar-refractivity contribution in [3.8, 4) is 11.1 Å². The maximum absolute atomic E-state index is 11.7. The van der Waals surface area contributed by atoms with Gasteiger partial charge in [0.25, 0.3) is 11.4 Å². The van der Waals surface area contributed by atoms with Crippen LogP contribution in [0.3, 0.4) is 0 Å². The van der Waals surface area contributed by atoms with Crippen molar-refractivity contribution in [2.75, 3.05) is 11.5 Å². The molecular formula is C25H18N4O4. The van der Waals surface area contributed by atoms with E-state index in [2.05, 4.69) is 0 Å². The number of anilines is 2. The lowest BCUT2D eigenvalue weighted by Gasteiger charge is -2.33. The minimum atomic E-state index is -1.04. The van der Waals surface area contributed by atoms with Crippen LogP contribution in [0.15, 0.2) is 84.9 Å². The summed E-state index contributed by atoms with van der Waals surface area (Å²) >= 11 is 0. The topological polar surface area (TPSA) is 138 Å². The summed E-state index contributed by atoms with van der Waals surface area (Å²) in [6.07, 6.45) is 0. The molecule has 0 saturated heterocycles. The second kappa shape index (κ2) is 7.16. The van der Waals surface area contributed by atoms with Gasteiger partial charge in [0.05, 0.1) is 15.3 Å². The van der Waals surface area contributed by atoms with Crippen LogP contribution in [0.2, 0.25) is 0 Å². The van der Waals surface area contributed by atoms with Crippen molar-refractivity contribution in [2.24, 2.45) is 0 Å². The van der Waals surface area contributed by atoms with Gasteiger partial charge in [-0.05, 0) is 69.8 Å². The Morgan fingerprint density at radius 2 is 0.939 bits per heavy atom. The molecule has 0 amide bonds. The highest BCUT2D eigenvalue weighted by atomic mass is 16.6. The average Bonchev–Trinajstić information content (AvgIpc) is 3.10. The van der Waals surface area contributed by atoms with E-state index in [4.69, 9.17) is 11.5 Å². The first-order valence-corrected chi connectivity index (χ1v) is 10.1. The van der Waals surface area contributed by atoms with Gasteiger partial charge in [0, 0.05) is 35.6 Å². The van der Waals surface area contributed by atoms with E-state index < -0.39 is 15.3 Å². The Balaban J connectivity index is 1.97. The zero-order chi connectivity index (χ0) is 23.3. The number of nitro benzene ring substituents is 2. The standard InChI is InChI=1S/C25H18N4O4/c26-17-5-1-15(2-6-17)25(16-3-7-18(27)8-4-16)23-13-19(28(30)31)9-11-21(23)22-12-10-20(29(32)33)14-24(22)25/h1-14H,26-27H2. The molecule has 8 nitrogen and oxygen atoms in total. The zero-order valence-corrected chi connectivity index (χ0v) is 17.3. The molecule has 0 spiro atoms. The molecule has 0 unspecified atom stereocenters. The van der Waals surface area contributed by atoms with Gasteiger partial charge in [-0.2, -0.15) is 0 Å². The number of nitrogens with zero attached hydrogens (tertiary/aromatic N) is 2. The first-order valence-electron chi connectivity index (χ1n) is 10.1. The van der Waals surface area contributed by atoms with Gasteiger partial charge in [0.2, 0.25) is 0 Å². The summed E-state index contributed by atoms with van der Waals surface area (Å²) in [4.78, 5) is 22.5. The predicted octanol–water partition coefficient (Wildman–Crippen LogP) is 5.03. The number of nitrogens with two attached hydrogens (primary N) is 2. The maximum atomic E-state index is 11.7. The van der Waals surface area contributed by atoms with Crippen molar-refractivity contribution in [3.63, 3.8) is 0 Å². The Labute approximate surface area is 188 Å². The highest BCUT2D eigenvalue weighted by molar-refractivity contribution is 5.88. The summed E-state index contributed by atoms with van der Waals surface area (Å²) in [5.41, 5.74) is 16.3. The molecule has 4 aromatic carbocycles. The van der Waals surface area contributed by atoms with Gasteiger partial charge in [0.1, 0.15) is 0 Å². The van der Waals surface area contributed by atoms with Crippen LogP contribution in [0.5, 0.6) is 0 Å². The summed E-state index contributed by atoms with van der Waals surface area (Å²) in [5.74, 6) is 0. The van der Waals surface area contributed by atoms with Gasteiger partial charge < -0.3 is 11.5 Å². The van der Waals surface area contributed by atoms with Gasteiger partial charge >= 0.3 is 0 Å². The van der Waals surface area contributed by atoms with Crippen LogP contribution >= 0.6 is 0 Å². The molecular weight excluding hydrogens is 420 g/mol. The molecule has 8 heteroatoms. The Kier molecular flexibility index (Phi) is 4.39. The molecule has 4 aromatic rings. The highest BCUT2D eigenvalue weighted by Gasteiger charge is 2.47. The Bertz CT molecular complexity index is 1320. The van der Waals surface area contributed by atoms with Crippen molar-refractivity contribution in [3.05, 3.63) is 127 Å². The number of hydrogen-bond acceptors (Lipinski definition) is 6. The van der Waals surface area contributed by atoms with Crippen LogP contribution in [-0.2, 0) is 5.41 Å². The normalized spacial score (nSPS) is 13.2. The molecule has 5 rings (SSSR count). The van der Waals surface area contributed by atoms with Gasteiger partial charge in [-0.3, -0.25) is 20.2 Å². The van der Waals surface area contributed by atoms with Crippen LogP contribution in [0.4, 0.5) is 22.7 Å². The van der Waals surface area contributed by atoms with Crippen LogP contribution in [-0.4, -0.2) is 9.85 Å². The van der Waals surface area contributed by atoms with E-state index in [0.717, 1.165) is 22.3 Å². The van der Waals surface area contributed by atoms with E-state index in [-0.39, 0.29) is 11.4 Å². The summed E-state index contributed by atoms with van der Waals surface area (Å²) in [6, 6.07) is 23.8. The average molecular weight is 438 g/mol. The fourth-order valence-electron chi connectivity index (χ4n) is 4.78. The summed E-state index contributed by atoms with van der Waals surface area (Å²) in [5, 5.41) is 23.3. The molecule has 0 aromatic heterocycles. The van der Waals surface area contributed by atoms with Gasteiger partial charge in [-0.1, -0.05) is 24.3 Å². The van der Waals surface area contributed by atoms with E-state index in [1.807, 2.05) is 24.3 Å². The quantitative estimate of drug-likeness (QED) is 0.229. The smallest absolute Gasteiger partial charge is 0.269 e. The third-order valence-corrected chi connectivity index (χ3v) is 6.21. The molecule has 1 aliphatic carbocycles. The highest BCUT2D eigenvalue weighted by Crippen LogP contribution is 2.57. The second-order valence-corrected chi connectivity index (χ2v) is 7.97. The van der Waals surface area contributed by atoms with Crippen LogP contribution < -0.4 is 11.5 Å². The maximum Gasteiger partial charge on any atom is 0.269 e. The number of non-ortho nitro benzene ring substituents is 2. The predicted molar refractivity (Wildman–Crippen MR) is 126 cm³/mol. The molecule has 162 valence electrons. The van der Waals surface area contributed by atoms with Gasteiger partial charge in [-0.15, -0.1) is 0 Å². The molecule has 0 atom stereocenters. The summed E-state index contributed by atoms with van der Waals surface area (Å²) in [6.45, 7) is 0. The van der Waals surface area contributed by atoms with Crippen molar-refractivity contribution in [2.45, 2.75) is 5.41 Å². The third-order valence-electron chi connectivity index (χ3n) is 6.21. The van der Waals surface area contributed by atoms with Crippen LogP contribution in [0.25, 0.3) is 11.1 Å². The number of fused-ring (bicyclic) bond motifs is 3. The van der Waals surface area contributed by atoms with Crippen LogP contribution in [0.1, 0.15) is 22.3 Å². The lowest BCUT2D eigenvalue weighted by Crippen LogP contribution is -2.28. The third kappa shape index (κ3) is 2.92. The Morgan fingerprint density at radius 1 is 0.576 bits per heavy atom. The SMILES string of the molecule is Nc1ccc(C2(c3ccc(N)cc3)c3cc([N+](=O)[O-])ccc3-c3ccc([N+](=O)[O-])cc32)cc1. The molecule has 0 fully saturated rings. The van der Waals surface area contributed by atoms with Crippen LogP contribution in [0, 0.1) is 20.2 Å². The first-order chi connectivity index (χ1) is 15.8. The molecule has 0 heterocycles.